The molecule has 3 rings (SSSR count). The maximum atomic E-state index is 12.1. The molecule has 21 heavy (non-hydrogen) atoms. The van der Waals surface area contributed by atoms with E-state index >= 15 is 0 Å². The molecule has 2 N–H and O–H groups in total. The topological polar surface area (TPSA) is 59.1 Å². The molecule has 0 fully saturated rings. The van der Waals surface area contributed by atoms with Crippen molar-refractivity contribution in [2.45, 2.75) is 19.6 Å². The number of anilines is 2. The van der Waals surface area contributed by atoms with Crippen molar-refractivity contribution in [3.63, 3.8) is 0 Å². The Morgan fingerprint density at radius 1 is 1.19 bits per heavy atom. The second-order valence-corrected chi connectivity index (χ2v) is 4.60. The van der Waals surface area contributed by atoms with Crippen LogP contribution in [0, 0.1) is 0 Å². The summed E-state index contributed by atoms with van der Waals surface area (Å²) in [7, 11) is 0. The summed E-state index contributed by atoms with van der Waals surface area (Å²) in [5, 5.41) is 6.44. The van der Waals surface area contributed by atoms with Gasteiger partial charge in [0.05, 0.1) is 5.69 Å². The van der Waals surface area contributed by atoms with Crippen molar-refractivity contribution < 1.29 is 13.5 Å². The Hall–Kier alpha value is -2.28. The Kier molecular flexibility index (Phi) is 3.92. The number of hydrogen-bond donors (Lipinski definition) is 2. The van der Waals surface area contributed by atoms with E-state index < -0.39 is 6.61 Å². The molecule has 0 aliphatic carbocycles. The van der Waals surface area contributed by atoms with Gasteiger partial charge in [-0.15, -0.1) is 0 Å². The van der Waals surface area contributed by atoms with Crippen LogP contribution in [0.1, 0.15) is 11.3 Å². The minimum Gasteiger partial charge on any atom is -0.435 e. The predicted octanol–water partition coefficient (Wildman–Crippen LogP) is 2.47. The highest BCUT2D eigenvalue weighted by Gasteiger charge is 2.15. The molecule has 2 heterocycles. The van der Waals surface area contributed by atoms with Crippen molar-refractivity contribution in [2.75, 3.05) is 11.9 Å². The molecule has 2 aromatic rings. The fourth-order valence-corrected chi connectivity index (χ4v) is 2.25. The van der Waals surface area contributed by atoms with Gasteiger partial charge in [-0.3, -0.25) is 0 Å². The van der Waals surface area contributed by atoms with Crippen LogP contribution >= 0.6 is 0 Å². The average Bonchev–Trinajstić information content (AvgIpc) is 2.49. The molecule has 1 aromatic carbocycles. The zero-order valence-electron chi connectivity index (χ0n) is 11.1. The third-order valence-corrected chi connectivity index (χ3v) is 3.22. The van der Waals surface area contributed by atoms with Crippen LogP contribution in [-0.4, -0.2) is 23.1 Å². The van der Waals surface area contributed by atoms with Crippen LogP contribution in [0.15, 0.2) is 30.6 Å². The maximum Gasteiger partial charge on any atom is 0.387 e. The summed E-state index contributed by atoms with van der Waals surface area (Å²) >= 11 is 0. The van der Waals surface area contributed by atoms with Gasteiger partial charge >= 0.3 is 6.61 Å². The Labute approximate surface area is 120 Å². The summed E-state index contributed by atoms with van der Waals surface area (Å²) in [4.78, 5) is 8.51. The van der Waals surface area contributed by atoms with Crippen LogP contribution in [0.25, 0.3) is 0 Å². The number of nitrogens with zero attached hydrogens (tertiary/aromatic N) is 2. The van der Waals surface area contributed by atoms with Crippen molar-refractivity contribution in [3.05, 3.63) is 41.9 Å². The van der Waals surface area contributed by atoms with Gasteiger partial charge in [0.25, 0.3) is 0 Å². The highest BCUT2D eigenvalue weighted by atomic mass is 19.3. The molecule has 0 radical (unpaired) electrons. The van der Waals surface area contributed by atoms with Crippen LogP contribution in [0.5, 0.6) is 5.75 Å². The van der Waals surface area contributed by atoms with E-state index in [-0.39, 0.29) is 5.75 Å². The molecule has 0 saturated carbocycles. The van der Waals surface area contributed by atoms with Crippen LogP contribution in [0.3, 0.4) is 0 Å². The molecule has 1 aromatic heterocycles. The number of aromatic nitrogens is 2. The van der Waals surface area contributed by atoms with E-state index in [2.05, 4.69) is 25.3 Å². The van der Waals surface area contributed by atoms with Crippen molar-refractivity contribution in [3.8, 4) is 5.75 Å². The molecule has 0 bridgehead atoms. The Morgan fingerprint density at radius 3 is 2.76 bits per heavy atom. The second kappa shape index (κ2) is 6.01. The highest BCUT2D eigenvalue weighted by molar-refractivity contribution is 5.61. The first-order valence-electron chi connectivity index (χ1n) is 6.58. The fourth-order valence-electron chi connectivity index (χ4n) is 2.25. The van der Waals surface area contributed by atoms with Crippen LogP contribution < -0.4 is 15.4 Å². The number of ether oxygens (including phenoxy) is 1. The molecule has 0 atom stereocenters. The van der Waals surface area contributed by atoms with E-state index in [1.165, 1.54) is 18.5 Å². The lowest BCUT2D eigenvalue weighted by Crippen LogP contribution is -2.25. The lowest BCUT2D eigenvalue weighted by atomic mass is 10.1. The van der Waals surface area contributed by atoms with Gasteiger partial charge in [-0.2, -0.15) is 8.78 Å². The van der Waals surface area contributed by atoms with Crippen molar-refractivity contribution >= 4 is 11.5 Å². The van der Waals surface area contributed by atoms with E-state index in [0.29, 0.717) is 0 Å². The largest absolute Gasteiger partial charge is 0.435 e. The molecule has 0 amide bonds. The second-order valence-electron chi connectivity index (χ2n) is 4.60. The summed E-state index contributed by atoms with van der Waals surface area (Å²) in [5.74, 6) is 0.883. The summed E-state index contributed by atoms with van der Waals surface area (Å²) in [5.41, 5.74) is 2.83. The molecular weight excluding hydrogens is 278 g/mol. The van der Waals surface area contributed by atoms with Gasteiger partial charge in [0.1, 0.15) is 17.9 Å². The van der Waals surface area contributed by atoms with Crippen molar-refractivity contribution in [2.24, 2.45) is 0 Å². The minimum absolute atomic E-state index is 0.129. The smallest absolute Gasteiger partial charge is 0.387 e. The van der Waals surface area contributed by atoms with Crippen molar-refractivity contribution in [1.82, 2.24) is 15.3 Å². The molecular formula is C14H14F2N4O. The van der Waals surface area contributed by atoms with Gasteiger partial charge in [-0.25, -0.2) is 9.97 Å². The lowest BCUT2D eigenvalue weighted by Gasteiger charge is -2.19. The molecule has 1 aliphatic heterocycles. The quantitative estimate of drug-likeness (QED) is 0.906. The number of halogens is 2. The maximum absolute atomic E-state index is 12.1. The monoisotopic (exact) mass is 292 g/mol. The van der Waals surface area contributed by atoms with Gasteiger partial charge in [0, 0.05) is 17.8 Å². The van der Waals surface area contributed by atoms with E-state index in [1.54, 1.807) is 12.1 Å². The van der Waals surface area contributed by atoms with E-state index in [4.69, 9.17) is 0 Å². The normalized spacial score (nSPS) is 13.9. The number of nitrogens with one attached hydrogen (secondary N) is 2. The molecule has 7 heteroatoms. The van der Waals surface area contributed by atoms with Crippen LogP contribution in [-0.2, 0) is 13.0 Å². The average molecular weight is 292 g/mol. The van der Waals surface area contributed by atoms with Crippen LogP contribution in [0.2, 0.25) is 0 Å². The van der Waals surface area contributed by atoms with Gasteiger partial charge in [0.2, 0.25) is 0 Å². The molecule has 110 valence electrons. The summed E-state index contributed by atoms with van der Waals surface area (Å²) in [6, 6.07) is 6.33. The first-order valence-corrected chi connectivity index (χ1v) is 6.58. The third kappa shape index (κ3) is 3.25. The predicted molar refractivity (Wildman–Crippen MR) is 73.8 cm³/mol. The highest BCUT2D eigenvalue weighted by Crippen LogP contribution is 2.24. The number of alkyl halides is 2. The van der Waals surface area contributed by atoms with Gasteiger partial charge in [-0.05, 0) is 37.2 Å². The zero-order valence-corrected chi connectivity index (χ0v) is 11.1. The molecule has 0 unspecified atom stereocenters. The standard InChI is InChI=1S/C14H14F2N4O/c15-14(16)21-10-3-1-9(2-4-10)20-13-11-5-6-17-7-12(11)18-8-19-13/h1-4,8,14,17H,5-7H2,(H,18,19,20). The summed E-state index contributed by atoms with van der Waals surface area (Å²) < 4.78 is 28.5. The number of rotatable bonds is 4. The third-order valence-electron chi connectivity index (χ3n) is 3.22. The van der Waals surface area contributed by atoms with Gasteiger partial charge in [-0.1, -0.05) is 0 Å². The molecule has 5 nitrogen and oxygen atoms in total. The van der Waals surface area contributed by atoms with Crippen molar-refractivity contribution in [1.29, 1.82) is 0 Å². The first kappa shape index (κ1) is 13.7. The van der Waals surface area contributed by atoms with E-state index in [1.807, 2.05) is 0 Å². The van der Waals surface area contributed by atoms with Gasteiger partial charge < -0.3 is 15.4 Å². The molecule has 0 spiro atoms. The lowest BCUT2D eigenvalue weighted by molar-refractivity contribution is -0.0498. The Morgan fingerprint density at radius 2 is 2.00 bits per heavy atom. The number of hydrogen-bond acceptors (Lipinski definition) is 5. The number of fused-ring (bicyclic) bond motifs is 1. The number of benzene rings is 1. The Bertz CT molecular complexity index is 619. The van der Waals surface area contributed by atoms with Gasteiger partial charge in [0.15, 0.2) is 0 Å². The Balaban J connectivity index is 1.77. The summed E-state index contributed by atoms with van der Waals surface area (Å²) in [6.45, 7) is -1.20. The molecule has 1 aliphatic rings. The minimum atomic E-state index is -2.81. The van der Waals surface area contributed by atoms with E-state index in [9.17, 15) is 8.78 Å². The first-order chi connectivity index (χ1) is 10.2. The fraction of sp³-hybridized carbons (Fsp3) is 0.286. The summed E-state index contributed by atoms with van der Waals surface area (Å²) in [6.07, 6.45) is 2.37. The zero-order chi connectivity index (χ0) is 14.7. The van der Waals surface area contributed by atoms with E-state index in [0.717, 1.165) is 42.3 Å². The SMILES string of the molecule is FC(F)Oc1ccc(Nc2ncnc3c2CCNC3)cc1. The van der Waals surface area contributed by atoms with Crippen LogP contribution in [0.4, 0.5) is 20.3 Å². The molecule has 0 saturated heterocycles.